The van der Waals surface area contributed by atoms with Crippen LogP contribution in [0.3, 0.4) is 0 Å². The summed E-state index contributed by atoms with van der Waals surface area (Å²) in [4.78, 5) is 4.12. The largest absolute Gasteiger partial charge is 0.299 e. The van der Waals surface area contributed by atoms with E-state index in [0.717, 1.165) is 44.6 Å². The molecule has 1 aliphatic heterocycles. The first-order chi connectivity index (χ1) is 11.2. The van der Waals surface area contributed by atoms with Crippen LogP contribution in [0.4, 0.5) is 0 Å². The Morgan fingerprint density at radius 2 is 1.78 bits per heavy atom. The summed E-state index contributed by atoms with van der Waals surface area (Å²) in [6.45, 7) is 5.35. The first-order valence-electron chi connectivity index (χ1n) is 8.30. The summed E-state index contributed by atoms with van der Waals surface area (Å²) < 4.78 is 0. The average Bonchev–Trinajstić information content (AvgIpc) is 3.12. The zero-order chi connectivity index (χ0) is 16.1. The molecule has 5 nitrogen and oxygen atoms in total. The molecule has 0 N–H and O–H groups in total. The molecule has 23 heavy (non-hydrogen) atoms. The zero-order valence-corrected chi connectivity index (χ0v) is 13.6. The molecule has 0 atom stereocenters. The highest BCUT2D eigenvalue weighted by Crippen LogP contribution is 2.38. The number of aromatic nitrogens is 3. The summed E-state index contributed by atoms with van der Waals surface area (Å²) in [5.41, 5.74) is 2.54. The first-order valence-corrected chi connectivity index (χ1v) is 8.30. The van der Waals surface area contributed by atoms with Gasteiger partial charge in [0.25, 0.3) is 0 Å². The number of rotatable bonds is 5. The van der Waals surface area contributed by atoms with Gasteiger partial charge in [-0.2, -0.15) is 20.3 Å². The lowest BCUT2D eigenvalue weighted by atomic mass is 9.74. The maximum Gasteiger partial charge on any atom is 0.0856 e. The molecule has 2 heterocycles. The van der Waals surface area contributed by atoms with Crippen molar-refractivity contribution in [3.05, 3.63) is 42.2 Å². The predicted molar refractivity (Wildman–Crippen MR) is 88.8 cm³/mol. The van der Waals surface area contributed by atoms with E-state index in [1.54, 1.807) is 17.2 Å². The number of nitrogens with zero attached hydrogens (tertiary/aromatic N) is 5. The van der Waals surface area contributed by atoms with Crippen LogP contribution in [0, 0.1) is 16.7 Å². The summed E-state index contributed by atoms with van der Waals surface area (Å²) in [5.74, 6) is 0. The summed E-state index contributed by atoms with van der Waals surface area (Å²) in [6.07, 6.45) is 7.44. The minimum atomic E-state index is 0.251. The fourth-order valence-corrected chi connectivity index (χ4v) is 3.35. The van der Waals surface area contributed by atoms with Gasteiger partial charge in [-0.05, 0) is 55.5 Å². The molecule has 0 amide bonds. The molecule has 1 aromatic carbocycles. The van der Waals surface area contributed by atoms with Gasteiger partial charge in [0, 0.05) is 13.0 Å². The van der Waals surface area contributed by atoms with Crippen LogP contribution < -0.4 is 0 Å². The standard InChI is InChI=1S/C18H23N5/c1-2-18(7-10-19)8-13-22(14-9-18)15-16-3-5-17(6-4-16)23-20-11-12-21-23/h3-6,11-12H,2,7-9,13-15H2,1H3. The lowest BCUT2D eigenvalue weighted by molar-refractivity contribution is 0.0979. The molecule has 3 rings (SSSR count). The second kappa shape index (κ2) is 6.93. The topological polar surface area (TPSA) is 57.7 Å². The van der Waals surface area contributed by atoms with Crippen LogP contribution in [0.2, 0.25) is 0 Å². The molecule has 0 unspecified atom stereocenters. The highest BCUT2D eigenvalue weighted by atomic mass is 15.5. The Morgan fingerprint density at radius 3 is 2.35 bits per heavy atom. The van der Waals surface area contributed by atoms with Crippen molar-refractivity contribution in [1.29, 1.82) is 5.26 Å². The average molecular weight is 309 g/mol. The van der Waals surface area contributed by atoms with Crippen LogP contribution in [-0.2, 0) is 6.54 Å². The van der Waals surface area contributed by atoms with Gasteiger partial charge in [-0.3, -0.25) is 4.90 Å². The summed E-state index contributed by atoms with van der Waals surface area (Å²) in [5, 5.41) is 17.3. The molecule has 1 aliphatic rings. The number of benzene rings is 1. The Bertz CT molecular complexity index is 646. The summed E-state index contributed by atoms with van der Waals surface area (Å²) in [7, 11) is 0. The molecule has 0 spiro atoms. The molecule has 2 aromatic rings. The third-order valence-electron chi connectivity index (χ3n) is 5.11. The maximum absolute atomic E-state index is 9.04. The van der Waals surface area contributed by atoms with Gasteiger partial charge in [-0.1, -0.05) is 19.1 Å². The summed E-state index contributed by atoms with van der Waals surface area (Å²) in [6, 6.07) is 10.8. The van der Waals surface area contributed by atoms with Crippen LogP contribution in [0.25, 0.3) is 5.69 Å². The van der Waals surface area contributed by atoms with E-state index >= 15 is 0 Å². The minimum absolute atomic E-state index is 0.251. The zero-order valence-electron chi connectivity index (χ0n) is 13.6. The second-order valence-electron chi connectivity index (χ2n) is 6.45. The first kappa shape index (κ1) is 15.7. The number of likely N-dealkylation sites (tertiary alicyclic amines) is 1. The van der Waals surface area contributed by atoms with Crippen molar-refractivity contribution >= 4 is 0 Å². The normalized spacial score (nSPS) is 17.7. The van der Waals surface area contributed by atoms with Crippen molar-refractivity contribution in [2.24, 2.45) is 5.41 Å². The quantitative estimate of drug-likeness (QED) is 0.851. The van der Waals surface area contributed by atoms with E-state index in [4.69, 9.17) is 5.26 Å². The Morgan fingerprint density at radius 1 is 1.13 bits per heavy atom. The van der Waals surface area contributed by atoms with E-state index in [9.17, 15) is 0 Å². The van der Waals surface area contributed by atoms with E-state index in [1.807, 2.05) is 0 Å². The van der Waals surface area contributed by atoms with E-state index in [-0.39, 0.29) is 5.41 Å². The van der Waals surface area contributed by atoms with E-state index in [0.29, 0.717) is 6.42 Å². The van der Waals surface area contributed by atoms with Crippen LogP contribution in [0.15, 0.2) is 36.7 Å². The van der Waals surface area contributed by atoms with Gasteiger partial charge in [-0.15, -0.1) is 0 Å². The number of hydrogen-bond donors (Lipinski definition) is 0. The lowest BCUT2D eigenvalue weighted by Crippen LogP contribution is -2.39. The Hall–Kier alpha value is -2.19. The van der Waals surface area contributed by atoms with Gasteiger partial charge >= 0.3 is 0 Å². The van der Waals surface area contributed by atoms with E-state index in [1.165, 1.54) is 5.56 Å². The fourth-order valence-electron chi connectivity index (χ4n) is 3.35. The van der Waals surface area contributed by atoms with Crippen molar-refractivity contribution in [3.63, 3.8) is 0 Å². The molecule has 1 fully saturated rings. The van der Waals surface area contributed by atoms with Crippen LogP contribution in [0.5, 0.6) is 0 Å². The Labute approximate surface area is 137 Å². The predicted octanol–water partition coefficient (Wildman–Crippen LogP) is 3.17. The maximum atomic E-state index is 9.04. The molecule has 1 aromatic heterocycles. The molecule has 5 heteroatoms. The number of nitriles is 1. The fraction of sp³-hybridized carbons (Fsp3) is 0.500. The van der Waals surface area contributed by atoms with Crippen LogP contribution in [0.1, 0.15) is 38.2 Å². The van der Waals surface area contributed by atoms with Crippen molar-refractivity contribution < 1.29 is 0 Å². The van der Waals surface area contributed by atoms with Gasteiger partial charge in [0.1, 0.15) is 0 Å². The molecule has 120 valence electrons. The molecular formula is C18H23N5. The molecule has 0 radical (unpaired) electrons. The highest BCUT2D eigenvalue weighted by Gasteiger charge is 2.32. The second-order valence-corrected chi connectivity index (χ2v) is 6.45. The van der Waals surface area contributed by atoms with Gasteiger partial charge in [-0.25, -0.2) is 0 Å². The van der Waals surface area contributed by atoms with Gasteiger partial charge in [0.2, 0.25) is 0 Å². The number of piperidine rings is 1. The van der Waals surface area contributed by atoms with Gasteiger partial charge in [0.05, 0.1) is 24.2 Å². The van der Waals surface area contributed by atoms with Crippen molar-refractivity contribution in [1.82, 2.24) is 19.9 Å². The molecule has 0 bridgehead atoms. The SMILES string of the molecule is CCC1(CC#N)CCN(Cc2ccc(-n3nccn3)cc2)CC1. The third kappa shape index (κ3) is 3.59. The lowest BCUT2D eigenvalue weighted by Gasteiger charge is -2.40. The van der Waals surface area contributed by atoms with Crippen LogP contribution >= 0.6 is 0 Å². The van der Waals surface area contributed by atoms with E-state index < -0.39 is 0 Å². The smallest absolute Gasteiger partial charge is 0.0856 e. The molecule has 0 aliphatic carbocycles. The summed E-state index contributed by atoms with van der Waals surface area (Å²) >= 11 is 0. The van der Waals surface area contributed by atoms with Crippen LogP contribution in [-0.4, -0.2) is 33.0 Å². The number of hydrogen-bond acceptors (Lipinski definition) is 4. The highest BCUT2D eigenvalue weighted by molar-refractivity contribution is 5.32. The third-order valence-corrected chi connectivity index (χ3v) is 5.11. The van der Waals surface area contributed by atoms with E-state index in [2.05, 4.69) is 52.4 Å². The molecular weight excluding hydrogens is 286 g/mol. The Balaban J connectivity index is 1.58. The minimum Gasteiger partial charge on any atom is -0.299 e. The Kier molecular flexibility index (Phi) is 4.73. The monoisotopic (exact) mass is 309 g/mol. The van der Waals surface area contributed by atoms with Crippen molar-refractivity contribution in [3.8, 4) is 11.8 Å². The van der Waals surface area contributed by atoms with Gasteiger partial charge < -0.3 is 0 Å². The molecule has 0 saturated carbocycles. The molecule has 1 saturated heterocycles. The van der Waals surface area contributed by atoms with Gasteiger partial charge in [0.15, 0.2) is 0 Å². The van der Waals surface area contributed by atoms with Crippen molar-refractivity contribution in [2.75, 3.05) is 13.1 Å². The van der Waals surface area contributed by atoms with Crippen molar-refractivity contribution in [2.45, 2.75) is 39.2 Å².